The third kappa shape index (κ3) is 3.12. The van der Waals surface area contributed by atoms with E-state index in [0.717, 1.165) is 30.7 Å². The minimum atomic E-state index is -0.0832. The second-order valence-corrected chi connectivity index (χ2v) is 5.50. The lowest BCUT2D eigenvalue weighted by Gasteiger charge is -2.33. The van der Waals surface area contributed by atoms with Crippen molar-refractivity contribution in [3.63, 3.8) is 0 Å². The summed E-state index contributed by atoms with van der Waals surface area (Å²) in [6.45, 7) is 6.06. The molecule has 0 saturated carbocycles. The van der Waals surface area contributed by atoms with Crippen molar-refractivity contribution in [2.75, 3.05) is 19.7 Å². The Labute approximate surface area is 120 Å². The second kappa shape index (κ2) is 6.75. The van der Waals surface area contributed by atoms with E-state index < -0.39 is 0 Å². The molecule has 1 aliphatic rings. The van der Waals surface area contributed by atoms with Gasteiger partial charge in [0, 0.05) is 18.2 Å². The number of carbonyl (C=O) groups is 1. The summed E-state index contributed by atoms with van der Waals surface area (Å²) in [6, 6.07) is 8.05. The number of ether oxygens (including phenoxy) is 1. The van der Waals surface area contributed by atoms with Gasteiger partial charge in [-0.3, -0.25) is 4.79 Å². The summed E-state index contributed by atoms with van der Waals surface area (Å²) in [4.78, 5) is 14.8. The van der Waals surface area contributed by atoms with Crippen molar-refractivity contribution in [1.82, 2.24) is 4.90 Å². The normalized spacial score (nSPS) is 17.5. The van der Waals surface area contributed by atoms with Gasteiger partial charge in [-0.1, -0.05) is 18.2 Å². The first kappa shape index (κ1) is 14.9. The van der Waals surface area contributed by atoms with E-state index in [1.165, 1.54) is 0 Å². The lowest BCUT2D eigenvalue weighted by atomic mass is 9.91. The van der Waals surface area contributed by atoms with Gasteiger partial charge in [0.25, 0.3) is 0 Å². The van der Waals surface area contributed by atoms with E-state index in [0.29, 0.717) is 13.2 Å². The second-order valence-electron chi connectivity index (χ2n) is 5.50. The standard InChI is InChI=1S/C16H24N2O2/c1-12(2)18(10-5-9-17)16(19)14-8-11-20-15-7-4-3-6-13(14)15/h3-4,6-7,12,14H,5,8-11,17H2,1-2H3. The molecule has 1 atom stereocenters. The monoisotopic (exact) mass is 276 g/mol. The van der Waals surface area contributed by atoms with E-state index in [1.807, 2.05) is 29.2 Å². The van der Waals surface area contributed by atoms with Crippen molar-refractivity contribution < 1.29 is 9.53 Å². The zero-order valence-corrected chi connectivity index (χ0v) is 12.3. The maximum atomic E-state index is 12.8. The average molecular weight is 276 g/mol. The van der Waals surface area contributed by atoms with Crippen molar-refractivity contribution in [1.29, 1.82) is 0 Å². The van der Waals surface area contributed by atoms with Crippen molar-refractivity contribution in [3.05, 3.63) is 29.8 Å². The van der Waals surface area contributed by atoms with Gasteiger partial charge in [0.2, 0.25) is 5.91 Å². The summed E-state index contributed by atoms with van der Waals surface area (Å²) in [6.07, 6.45) is 1.59. The highest BCUT2D eigenvalue weighted by molar-refractivity contribution is 5.85. The Morgan fingerprint density at radius 1 is 1.45 bits per heavy atom. The lowest BCUT2D eigenvalue weighted by Crippen LogP contribution is -2.42. The summed E-state index contributed by atoms with van der Waals surface area (Å²) in [5.74, 6) is 0.962. The molecule has 0 spiro atoms. The molecule has 1 aliphatic heterocycles. The summed E-state index contributed by atoms with van der Waals surface area (Å²) >= 11 is 0. The van der Waals surface area contributed by atoms with Crippen LogP contribution in [0.1, 0.15) is 38.2 Å². The third-order valence-electron chi connectivity index (χ3n) is 3.77. The van der Waals surface area contributed by atoms with Crippen molar-refractivity contribution in [2.24, 2.45) is 5.73 Å². The molecule has 1 aromatic carbocycles. The first-order chi connectivity index (χ1) is 9.65. The molecule has 0 bridgehead atoms. The van der Waals surface area contributed by atoms with Crippen LogP contribution in [0.2, 0.25) is 0 Å². The molecule has 1 unspecified atom stereocenters. The molecule has 2 N–H and O–H groups in total. The van der Waals surface area contributed by atoms with Gasteiger partial charge in [0.1, 0.15) is 5.75 Å². The predicted molar refractivity (Wildman–Crippen MR) is 79.8 cm³/mol. The topological polar surface area (TPSA) is 55.6 Å². The first-order valence-electron chi connectivity index (χ1n) is 7.37. The average Bonchev–Trinajstić information content (AvgIpc) is 2.46. The van der Waals surface area contributed by atoms with Gasteiger partial charge in [-0.15, -0.1) is 0 Å². The fourth-order valence-electron chi connectivity index (χ4n) is 2.68. The van der Waals surface area contributed by atoms with Crippen molar-refractivity contribution in [3.8, 4) is 5.75 Å². The largest absolute Gasteiger partial charge is 0.493 e. The number of carbonyl (C=O) groups excluding carboxylic acids is 1. The van der Waals surface area contributed by atoms with Gasteiger partial charge in [0.05, 0.1) is 12.5 Å². The van der Waals surface area contributed by atoms with Crippen LogP contribution in [0.15, 0.2) is 24.3 Å². The number of rotatable bonds is 5. The molecular weight excluding hydrogens is 252 g/mol. The van der Waals surface area contributed by atoms with E-state index in [4.69, 9.17) is 10.5 Å². The lowest BCUT2D eigenvalue weighted by molar-refractivity contribution is -0.135. The van der Waals surface area contributed by atoms with Crippen LogP contribution < -0.4 is 10.5 Å². The maximum Gasteiger partial charge on any atom is 0.230 e. The predicted octanol–water partition coefficient (Wildman–Crippen LogP) is 2.14. The molecule has 0 fully saturated rings. The smallest absolute Gasteiger partial charge is 0.230 e. The number of hydrogen-bond acceptors (Lipinski definition) is 3. The summed E-state index contributed by atoms with van der Waals surface area (Å²) in [7, 11) is 0. The number of hydrogen-bond donors (Lipinski definition) is 1. The Balaban J connectivity index is 2.20. The van der Waals surface area contributed by atoms with E-state index in [9.17, 15) is 4.79 Å². The van der Waals surface area contributed by atoms with Crippen LogP contribution in [-0.4, -0.2) is 36.5 Å². The maximum absolute atomic E-state index is 12.8. The molecule has 4 nitrogen and oxygen atoms in total. The van der Waals surface area contributed by atoms with Crippen LogP contribution in [-0.2, 0) is 4.79 Å². The number of fused-ring (bicyclic) bond motifs is 1. The molecule has 110 valence electrons. The molecule has 1 aromatic rings. The van der Waals surface area contributed by atoms with Gasteiger partial charge in [-0.05, 0) is 39.3 Å². The minimum Gasteiger partial charge on any atom is -0.493 e. The Morgan fingerprint density at radius 3 is 2.90 bits per heavy atom. The molecule has 20 heavy (non-hydrogen) atoms. The van der Waals surface area contributed by atoms with Crippen LogP contribution in [0.3, 0.4) is 0 Å². The van der Waals surface area contributed by atoms with Gasteiger partial charge < -0.3 is 15.4 Å². The van der Waals surface area contributed by atoms with E-state index in [1.54, 1.807) is 0 Å². The van der Waals surface area contributed by atoms with Crippen LogP contribution in [0.5, 0.6) is 5.75 Å². The molecule has 1 amide bonds. The zero-order valence-electron chi connectivity index (χ0n) is 12.3. The van der Waals surface area contributed by atoms with Crippen LogP contribution in [0.4, 0.5) is 0 Å². The minimum absolute atomic E-state index is 0.0832. The van der Waals surface area contributed by atoms with Gasteiger partial charge in [-0.2, -0.15) is 0 Å². The number of nitrogens with two attached hydrogens (primary N) is 1. The molecular formula is C16H24N2O2. The number of nitrogens with zero attached hydrogens (tertiary/aromatic N) is 1. The SMILES string of the molecule is CC(C)N(CCCN)C(=O)C1CCOc2ccccc21. The molecule has 0 aromatic heterocycles. The quantitative estimate of drug-likeness (QED) is 0.896. The van der Waals surface area contributed by atoms with Crippen molar-refractivity contribution >= 4 is 5.91 Å². The summed E-state index contributed by atoms with van der Waals surface area (Å²) < 4.78 is 5.63. The zero-order chi connectivity index (χ0) is 14.5. The Morgan fingerprint density at radius 2 is 2.20 bits per heavy atom. The number of benzene rings is 1. The van der Waals surface area contributed by atoms with Crippen LogP contribution in [0.25, 0.3) is 0 Å². The van der Waals surface area contributed by atoms with Crippen LogP contribution >= 0.6 is 0 Å². The summed E-state index contributed by atoms with van der Waals surface area (Å²) in [5.41, 5.74) is 6.59. The molecule has 1 heterocycles. The van der Waals surface area contributed by atoms with Crippen LogP contribution in [0, 0.1) is 0 Å². The Bertz CT molecular complexity index is 460. The highest BCUT2D eigenvalue weighted by Gasteiger charge is 2.31. The Kier molecular flexibility index (Phi) is 5.01. The van der Waals surface area contributed by atoms with Gasteiger partial charge >= 0.3 is 0 Å². The van der Waals surface area contributed by atoms with E-state index >= 15 is 0 Å². The first-order valence-corrected chi connectivity index (χ1v) is 7.37. The fraction of sp³-hybridized carbons (Fsp3) is 0.562. The van der Waals surface area contributed by atoms with Gasteiger partial charge in [-0.25, -0.2) is 0 Å². The molecule has 0 saturated heterocycles. The van der Waals surface area contributed by atoms with E-state index in [-0.39, 0.29) is 17.9 Å². The Hall–Kier alpha value is -1.55. The molecule has 4 heteroatoms. The highest BCUT2D eigenvalue weighted by Crippen LogP contribution is 2.34. The number of amides is 1. The number of para-hydroxylation sites is 1. The molecule has 0 radical (unpaired) electrons. The third-order valence-corrected chi connectivity index (χ3v) is 3.77. The van der Waals surface area contributed by atoms with E-state index in [2.05, 4.69) is 13.8 Å². The molecule has 0 aliphatic carbocycles. The molecule has 2 rings (SSSR count). The van der Waals surface area contributed by atoms with Crippen molar-refractivity contribution in [2.45, 2.75) is 38.6 Å². The fourth-order valence-corrected chi connectivity index (χ4v) is 2.68. The summed E-state index contributed by atoms with van der Waals surface area (Å²) in [5, 5.41) is 0. The highest BCUT2D eigenvalue weighted by atomic mass is 16.5. The van der Waals surface area contributed by atoms with Gasteiger partial charge in [0.15, 0.2) is 0 Å².